The number of nitrogens with zero attached hydrogens (tertiary/aromatic N) is 4. The van der Waals surface area contributed by atoms with E-state index in [1.54, 1.807) is 12.1 Å². The normalized spacial score (nSPS) is 23.7. The molecule has 6 amide bonds. The van der Waals surface area contributed by atoms with Gasteiger partial charge in [0.2, 0.25) is 17.7 Å². The van der Waals surface area contributed by atoms with Gasteiger partial charge in [0, 0.05) is 57.3 Å². The van der Waals surface area contributed by atoms with Gasteiger partial charge in [0.1, 0.15) is 11.6 Å². The van der Waals surface area contributed by atoms with E-state index in [-0.39, 0.29) is 41.9 Å². The average molecular weight is 650 g/mol. The summed E-state index contributed by atoms with van der Waals surface area (Å²) in [6.45, 7) is 10.1. The molecule has 47 heavy (non-hydrogen) atoms. The van der Waals surface area contributed by atoms with Crippen LogP contribution in [0.15, 0.2) is 18.2 Å². The summed E-state index contributed by atoms with van der Waals surface area (Å²) in [7, 11) is 0. The van der Waals surface area contributed by atoms with Gasteiger partial charge in [-0.25, -0.2) is 4.79 Å². The highest BCUT2D eigenvalue weighted by Gasteiger charge is 2.45. The standard InChI is InChI=1S/C35H47N5O7/c1-35(2,3)47-34(46)39-16-10-23(11-17-39)20-22-8-14-38(15-9-22)31(43)24-12-18-37(19-13-24)25-4-5-26-27(21-25)33(45)40(32(26)44)28-6-7-29(41)36-30(28)42/h4-5,21-24,28H,6-20H2,1-3H3,(H,36,41,42). The summed E-state index contributed by atoms with van der Waals surface area (Å²) in [5.41, 5.74) is 0.877. The third-order valence-electron chi connectivity index (χ3n) is 10.5. The zero-order valence-corrected chi connectivity index (χ0v) is 27.8. The number of rotatable bonds is 5. The maximum absolute atomic E-state index is 13.5. The molecule has 5 aliphatic heterocycles. The number of ether oxygens (including phenoxy) is 1. The predicted octanol–water partition coefficient (Wildman–Crippen LogP) is 3.58. The van der Waals surface area contributed by atoms with Crippen LogP contribution < -0.4 is 10.2 Å². The fraction of sp³-hybridized carbons (Fsp3) is 0.657. The number of amides is 6. The van der Waals surface area contributed by atoms with E-state index in [9.17, 15) is 28.8 Å². The van der Waals surface area contributed by atoms with Gasteiger partial charge >= 0.3 is 6.09 Å². The highest BCUT2D eigenvalue weighted by Crippen LogP contribution is 2.34. The number of hydrogen-bond acceptors (Lipinski definition) is 8. The molecule has 1 N–H and O–H groups in total. The molecule has 1 atom stereocenters. The van der Waals surface area contributed by atoms with Crippen LogP contribution in [0.3, 0.4) is 0 Å². The van der Waals surface area contributed by atoms with Gasteiger partial charge in [-0.2, -0.15) is 0 Å². The number of piperidine rings is 4. The van der Waals surface area contributed by atoms with Crippen molar-refractivity contribution in [2.45, 2.75) is 90.2 Å². The van der Waals surface area contributed by atoms with Crippen molar-refractivity contribution in [3.63, 3.8) is 0 Å². The Morgan fingerprint density at radius 2 is 1.38 bits per heavy atom. The van der Waals surface area contributed by atoms with Crippen molar-refractivity contribution in [2.75, 3.05) is 44.2 Å². The van der Waals surface area contributed by atoms with E-state index in [1.807, 2.05) is 36.6 Å². The van der Waals surface area contributed by atoms with Crippen LogP contribution in [0.2, 0.25) is 0 Å². The average Bonchev–Trinajstić information content (AvgIpc) is 3.29. The van der Waals surface area contributed by atoms with Crippen LogP contribution in [-0.4, -0.2) is 101 Å². The molecule has 0 aliphatic carbocycles. The molecule has 0 spiro atoms. The fourth-order valence-corrected chi connectivity index (χ4v) is 7.84. The fourth-order valence-electron chi connectivity index (χ4n) is 7.84. The van der Waals surface area contributed by atoms with Crippen molar-refractivity contribution in [3.8, 4) is 0 Å². The number of hydrogen-bond donors (Lipinski definition) is 1. The van der Waals surface area contributed by atoms with Gasteiger partial charge in [0.25, 0.3) is 11.8 Å². The van der Waals surface area contributed by atoms with Gasteiger partial charge in [0.15, 0.2) is 0 Å². The topological polar surface area (TPSA) is 137 Å². The summed E-state index contributed by atoms with van der Waals surface area (Å²) in [5, 5.41) is 2.22. The number of carbonyl (C=O) groups is 6. The minimum absolute atomic E-state index is 0.0272. The molecule has 5 heterocycles. The molecule has 12 heteroatoms. The quantitative estimate of drug-likeness (QED) is 0.478. The first-order valence-corrected chi connectivity index (χ1v) is 17.2. The first-order chi connectivity index (χ1) is 22.4. The Bertz CT molecular complexity index is 1430. The molecule has 4 saturated heterocycles. The first kappa shape index (κ1) is 33.0. The second-order valence-corrected chi connectivity index (χ2v) is 14.9. The lowest BCUT2D eigenvalue weighted by atomic mass is 9.82. The van der Waals surface area contributed by atoms with Crippen LogP contribution in [0, 0.1) is 17.8 Å². The third kappa shape index (κ3) is 7.16. The molecule has 0 aromatic heterocycles. The van der Waals surface area contributed by atoms with Crippen molar-refractivity contribution in [1.82, 2.24) is 20.0 Å². The molecule has 0 bridgehead atoms. The molecule has 4 fully saturated rings. The van der Waals surface area contributed by atoms with Crippen molar-refractivity contribution in [3.05, 3.63) is 29.3 Å². The Morgan fingerprint density at radius 3 is 1.98 bits per heavy atom. The minimum Gasteiger partial charge on any atom is -0.444 e. The van der Waals surface area contributed by atoms with Crippen molar-refractivity contribution >= 4 is 41.3 Å². The van der Waals surface area contributed by atoms with Gasteiger partial charge in [-0.05, 0) is 102 Å². The molecule has 1 aromatic carbocycles. The van der Waals surface area contributed by atoms with Gasteiger partial charge in [0.05, 0.1) is 11.1 Å². The second kappa shape index (κ2) is 13.3. The maximum atomic E-state index is 13.5. The number of carbonyl (C=O) groups excluding carboxylic acids is 6. The van der Waals surface area contributed by atoms with Gasteiger partial charge in [-0.3, -0.25) is 34.2 Å². The second-order valence-electron chi connectivity index (χ2n) is 14.9. The Labute approximate surface area is 276 Å². The van der Waals surface area contributed by atoms with Crippen molar-refractivity contribution in [1.29, 1.82) is 0 Å². The summed E-state index contributed by atoms with van der Waals surface area (Å²) in [6, 6.07) is 4.20. The lowest BCUT2D eigenvalue weighted by Gasteiger charge is -2.39. The smallest absolute Gasteiger partial charge is 0.410 e. The molecular formula is C35H47N5O7. The molecular weight excluding hydrogens is 602 g/mol. The molecule has 5 aliphatic rings. The van der Waals surface area contributed by atoms with Gasteiger partial charge < -0.3 is 19.4 Å². The summed E-state index contributed by atoms with van der Waals surface area (Å²) in [6.07, 6.45) is 6.64. The highest BCUT2D eigenvalue weighted by atomic mass is 16.6. The predicted molar refractivity (Wildman–Crippen MR) is 173 cm³/mol. The highest BCUT2D eigenvalue weighted by molar-refractivity contribution is 6.23. The van der Waals surface area contributed by atoms with E-state index in [0.29, 0.717) is 24.9 Å². The van der Waals surface area contributed by atoms with Crippen molar-refractivity contribution in [2.24, 2.45) is 17.8 Å². The number of benzene rings is 1. The maximum Gasteiger partial charge on any atom is 0.410 e. The Hall–Kier alpha value is -3.96. The van der Waals surface area contributed by atoms with E-state index < -0.39 is 35.3 Å². The lowest BCUT2D eigenvalue weighted by molar-refractivity contribution is -0.138. The summed E-state index contributed by atoms with van der Waals surface area (Å²) in [4.78, 5) is 83.1. The first-order valence-electron chi connectivity index (χ1n) is 17.2. The number of imide groups is 2. The SMILES string of the molecule is CC(C)(C)OC(=O)N1CCC(CC2CCN(C(=O)C3CCN(c4ccc5c(c4)C(=O)N(C4CCC(=O)NC4=O)C5=O)CC3)CC2)CC1. The molecule has 6 rings (SSSR count). The Morgan fingerprint density at radius 1 is 0.787 bits per heavy atom. The van der Waals surface area contributed by atoms with E-state index in [0.717, 1.165) is 81.7 Å². The molecule has 0 saturated carbocycles. The monoisotopic (exact) mass is 649 g/mol. The zero-order chi connectivity index (χ0) is 33.5. The van der Waals surface area contributed by atoms with Crippen LogP contribution >= 0.6 is 0 Å². The van der Waals surface area contributed by atoms with Crippen LogP contribution in [0.1, 0.15) is 99.3 Å². The number of nitrogens with one attached hydrogen (secondary N) is 1. The van der Waals surface area contributed by atoms with Crippen LogP contribution in [0.4, 0.5) is 10.5 Å². The molecule has 1 unspecified atom stereocenters. The van der Waals surface area contributed by atoms with E-state index in [4.69, 9.17) is 4.74 Å². The molecule has 1 aromatic rings. The minimum atomic E-state index is -0.987. The van der Waals surface area contributed by atoms with E-state index >= 15 is 0 Å². The molecule has 12 nitrogen and oxygen atoms in total. The van der Waals surface area contributed by atoms with Gasteiger partial charge in [-0.1, -0.05) is 0 Å². The summed E-state index contributed by atoms with van der Waals surface area (Å²) >= 11 is 0. The zero-order valence-electron chi connectivity index (χ0n) is 27.8. The number of fused-ring (bicyclic) bond motifs is 1. The van der Waals surface area contributed by atoms with E-state index in [2.05, 4.69) is 10.2 Å². The van der Waals surface area contributed by atoms with Crippen molar-refractivity contribution < 1.29 is 33.5 Å². The number of anilines is 1. The van der Waals surface area contributed by atoms with Crippen LogP contribution in [0.5, 0.6) is 0 Å². The molecule has 0 radical (unpaired) electrons. The lowest BCUT2D eigenvalue weighted by Crippen LogP contribution is -2.54. The Kier molecular flexibility index (Phi) is 9.31. The number of likely N-dealkylation sites (tertiary alicyclic amines) is 2. The third-order valence-corrected chi connectivity index (χ3v) is 10.5. The van der Waals surface area contributed by atoms with Gasteiger partial charge in [-0.15, -0.1) is 0 Å². The Balaban J connectivity index is 0.948. The molecule has 254 valence electrons. The van der Waals surface area contributed by atoms with E-state index in [1.165, 1.54) is 0 Å². The van der Waals surface area contributed by atoms with Crippen LogP contribution in [-0.2, 0) is 19.1 Å². The summed E-state index contributed by atoms with van der Waals surface area (Å²) in [5.74, 6) is -0.614. The largest absolute Gasteiger partial charge is 0.444 e. The van der Waals surface area contributed by atoms with Crippen LogP contribution in [0.25, 0.3) is 0 Å². The summed E-state index contributed by atoms with van der Waals surface area (Å²) < 4.78 is 5.53.